The van der Waals surface area contributed by atoms with Crippen molar-refractivity contribution in [3.63, 3.8) is 0 Å². The van der Waals surface area contributed by atoms with Crippen molar-refractivity contribution in [2.24, 2.45) is 11.8 Å². The molecule has 144 valence electrons. The first kappa shape index (κ1) is 19.1. The minimum absolute atomic E-state index is 0.423. The number of aliphatic hydroxyl groups excluding tert-OH is 1. The van der Waals surface area contributed by atoms with E-state index in [1.807, 2.05) is 36.4 Å². The summed E-state index contributed by atoms with van der Waals surface area (Å²) in [5.74, 6) is 1.39. The van der Waals surface area contributed by atoms with E-state index in [9.17, 15) is 5.11 Å². The largest absolute Gasteiger partial charge is 0.390 e. The molecule has 3 aromatic rings. The predicted octanol–water partition coefficient (Wildman–Crippen LogP) is 5.44. The summed E-state index contributed by atoms with van der Waals surface area (Å²) < 4.78 is 2.19. The van der Waals surface area contributed by atoms with Crippen LogP contribution in [0.3, 0.4) is 0 Å². The summed E-state index contributed by atoms with van der Waals surface area (Å²) in [6.45, 7) is 8.00. The first-order valence-electron chi connectivity index (χ1n) is 9.68. The highest BCUT2D eigenvalue weighted by molar-refractivity contribution is 6.33. The number of nitrogens with zero attached hydrogens (tertiary/aromatic N) is 2. The molecule has 1 aliphatic rings. The van der Waals surface area contributed by atoms with Crippen LogP contribution < -0.4 is 0 Å². The van der Waals surface area contributed by atoms with Gasteiger partial charge in [0.2, 0.25) is 0 Å². The molecule has 3 atom stereocenters. The summed E-state index contributed by atoms with van der Waals surface area (Å²) in [7, 11) is 0. The molecule has 27 heavy (non-hydrogen) atoms. The zero-order valence-corrected chi connectivity index (χ0v) is 17.3. The first-order valence-corrected chi connectivity index (χ1v) is 10.4. The van der Waals surface area contributed by atoms with Gasteiger partial charge in [0.05, 0.1) is 12.6 Å². The fourth-order valence-electron chi connectivity index (χ4n) is 4.75. The second-order valence-electron chi connectivity index (χ2n) is 8.25. The summed E-state index contributed by atoms with van der Waals surface area (Å²) in [5, 5.41) is 14.4. The molecule has 0 radical (unpaired) electrons. The van der Waals surface area contributed by atoms with Crippen LogP contribution in [0.5, 0.6) is 0 Å². The molecule has 0 spiro atoms. The van der Waals surface area contributed by atoms with Crippen molar-refractivity contribution in [1.82, 2.24) is 9.47 Å². The third-order valence-corrected chi connectivity index (χ3v) is 6.07. The SMILES string of the molecule is C[C@@H]1C[C@H](C)CN(C[C@@H](O)Cn2c3ccc(Cl)cc3c3cc(Cl)ccc32)C1. The highest BCUT2D eigenvalue weighted by atomic mass is 35.5. The van der Waals surface area contributed by atoms with Crippen LogP contribution in [0.25, 0.3) is 21.8 Å². The zero-order valence-electron chi connectivity index (χ0n) is 15.8. The molecule has 2 heterocycles. The van der Waals surface area contributed by atoms with Crippen LogP contribution in [0.4, 0.5) is 0 Å². The first-order chi connectivity index (χ1) is 12.9. The number of aliphatic hydroxyl groups is 1. The number of hydrogen-bond donors (Lipinski definition) is 1. The number of aromatic nitrogens is 1. The van der Waals surface area contributed by atoms with E-state index in [4.69, 9.17) is 23.2 Å². The lowest BCUT2D eigenvalue weighted by atomic mass is 9.92. The summed E-state index contributed by atoms with van der Waals surface area (Å²) in [6, 6.07) is 11.8. The molecule has 1 saturated heterocycles. The Labute approximate surface area is 170 Å². The minimum Gasteiger partial charge on any atom is -0.390 e. The lowest BCUT2D eigenvalue weighted by Crippen LogP contribution is -2.43. The molecule has 0 unspecified atom stereocenters. The van der Waals surface area contributed by atoms with Gasteiger partial charge in [-0.25, -0.2) is 0 Å². The third kappa shape index (κ3) is 3.97. The highest BCUT2D eigenvalue weighted by Gasteiger charge is 2.24. The van der Waals surface area contributed by atoms with E-state index in [1.54, 1.807) is 0 Å². The number of piperidine rings is 1. The van der Waals surface area contributed by atoms with Gasteiger partial charge in [-0.2, -0.15) is 0 Å². The summed E-state index contributed by atoms with van der Waals surface area (Å²) >= 11 is 12.5. The van der Waals surface area contributed by atoms with Gasteiger partial charge in [0.1, 0.15) is 0 Å². The van der Waals surface area contributed by atoms with E-state index >= 15 is 0 Å². The number of rotatable bonds is 4. The smallest absolute Gasteiger partial charge is 0.0845 e. The standard InChI is InChI=1S/C22H26Cl2N2O/c1-14-7-15(2)11-25(10-14)12-18(27)13-26-21-5-3-16(23)8-19(21)20-9-17(24)4-6-22(20)26/h3-6,8-9,14-15,18,27H,7,10-13H2,1-2H3/t14-,15+,18-/m1/s1. The Morgan fingerprint density at radius 3 is 1.96 bits per heavy atom. The Morgan fingerprint density at radius 2 is 1.44 bits per heavy atom. The van der Waals surface area contributed by atoms with E-state index in [0.29, 0.717) is 35.0 Å². The quantitative estimate of drug-likeness (QED) is 0.626. The highest BCUT2D eigenvalue weighted by Crippen LogP contribution is 2.33. The van der Waals surface area contributed by atoms with Crippen molar-refractivity contribution >= 4 is 45.0 Å². The van der Waals surface area contributed by atoms with Crippen LogP contribution in [-0.4, -0.2) is 40.3 Å². The Kier molecular flexibility index (Phi) is 5.39. The summed E-state index contributed by atoms with van der Waals surface area (Å²) in [6.07, 6.45) is 0.855. The van der Waals surface area contributed by atoms with Crippen LogP contribution in [0, 0.1) is 11.8 Å². The van der Waals surface area contributed by atoms with Crippen LogP contribution in [0.2, 0.25) is 10.0 Å². The van der Waals surface area contributed by atoms with Gasteiger partial charge >= 0.3 is 0 Å². The Balaban J connectivity index is 1.64. The molecule has 1 fully saturated rings. The topological polar surface area (TPSA) is 28.4 Å². The van der Waals surface area contributed by atoms with Crippen molar-refractivity contribution in [2.45, 2.75) is 32.9 Å². The lowest BCUT2D eigenvalue weighted by Gasteiger charge is -2.36. The van der Waals surface area contributed by atoms with E-state index in [1.165, 1.54) is 6.42 Å². The normalized spacial score (nSPS) is 22.6. The maximum atomic E-state index is 10.9. The predicted molar refractivity (Wildman–Crippen MR) is 115 cm³/mol. The van der Waals surface area contributed by atoms with Crippen LogP contribution in [0.15, 0.2) is 36.4 Å². The number of likely N-dealkylation sites (tertiary alicyclic amines) is 1. The molecular weight excluding hydrogens is 379 g/mol. The second kappa shape index (κ2) is 7.63. The molecule has 0 aliphatic carbocycles. The van der Waals surface area contributed by atoms with E-state index in [2.05, 4.69) is 23.3 Å². The van der Waals surface area contributed by atoms with Gasteiger partial charge in [-0.15, -0.1) is 0 Å². The van der Waals surface area contributed by atoms with Crippen molar-refractivity contribution in [3.8, 4) is 0 Å². The molecule has 0 amide bonds. The van der Waals surface area contributed by atoms with Crippen molar-refractivity contribution in [2.75, 3.05) is 19.6 Å². The molecule has 0 saturated carbocycles. The van der Waals surface area contributed by atoms with Gasteiger partial charge in [-0.05, 0) is 54.7 Å². The Morgan fingerprint density at radius 1 is 0.926 bits per heavy atom. The average Bonchev–Trinajstić information content (AvgIpc) is 2.86. The molecule has 4 rings (SSSR count). The number of benzene rings is 2. The molecule has 3 nitrogen and oxygen atoms in total. The molecule has 1 aromatic heterocycles. The van der Waals surface area contributed by atoms with Gasteiger partial charge in [0, 0.05) is 51.5 Å². The van der Waals surface area contributed by atoms with Crippen molar-refractivity contribution in [3.05, 3.63) is 46.4 Å². The summed E-state index contributed by atoms with van der Waals surface area (Å²) in [5.41, 5.74) is 2.16. The van der Waals surface area contributed by atoms with Gasteiger partial charge in [0.25, 0.3) is 0 Å². The van der Waals surface area contributed by atoms with Crippen molar-refractivity contribution in [1.29, 1.82) is 0 Å². The maximum Gasteiger partial charge on any atom is 0.0845 e. The molecule has 1 N–H and O–H groups in total. The second-order valence-corrected chi connectivity index (χ2v) is 9.12. The molecule has 1 aliphatic heterocycles. The zero-order chi connectivity index (χ0) is 19.1. The molecular formula is C22H26Cl2N2O. The number of hydrogen-bond acceptors (Lipinski definition) is 2. The fourth-order valence-corrected chi connectivity index (χ4v) is 5.10. The third-order valence-electron chi connectivity index (χ3n) is 5.60. The monoisotopic (exact) mass is 404 g/mol. The Bertz CT molecular complexity index is 899. The fraction of sp³-hybridized carbons (Fsp3) is 0.455. The van der Waals surface area contributed by atoms with E-state index < -0.39 is 6.10 Å². The maximum absolute atomic E-state index is 10.9. The van der Waals surface area contributed by atoms with Gasteiger partial charge in [-0.1, -0.05) is 37.0 Å². The van der Waals surface area contributed by atoms with Crippen LogP contribution in [-0.2, 0) is 6.54 Å². The van der Waals surface area contributed by atoms with Crippen LogP contribution >= 0.6 is 23.2 Å². The van der Waals surface area contributed by atoms with Gasteiger partial charge < -0.3 is 14.6 Å². The molecule has 0 bridgehead atoms. The average molecular weight is 405 g/mol. The van der Waals surface area contributed by atoms with Crippen molar-refractivity contribution < 1.29 is 5.11 Å². The van der Waals surface area contributed by atoms with E-state index in [-0.39, 0.29) is 0 Å². The number of fused-ring (bicyclic) bond motifs is 3. The summed E-state index contributed by atoms with van der Waals surface area (Å²) in [4.78, 5) is 2.41. The number of β-amino-alcohol motifs (C(OH)–C–C–N with tert-alkyl or cyclic N) is 1. The number of halogens is 2. The van der Waals surface area contributed by atoms with Crippen LogP contribution in [0.1, 0.15) is 20.3 Å². The Hall–Kier alpha value is -1.26. The van der Waals surface area contributed by atoms with E-state index in [0.717, 1.165) is 34.9 Å². The van der Waals surface area contributed by atoms with Gasteiger partial charge in [0.15, 0.2) is 0 Å². The molecule has 5 heteroatoms. The minimum atomic E-state index is -0.423. The molecule has 2 aromatic carbocycles. The lowest BCUT2D eigenvalue weighted by molar-refractivity contribution is 0.0626. The van der Waals surface area contributed by atoms with Gasteiger partial charge in [-0.3, -0.25) is 0 Å².